The summed E-state index contributed by atoms with van der Waals surface area (Å²) in [6, 6.07) is 5.82. The summed E-state index contributed by atoms with van der Waals surface area (Å²) >= 11 is 0. The number of hydrogen-bond donors (Lipinski definition) is 1. The number of nitrogens with one attached hydrogen (secondary N) is 1. The smallest absolute Gasteiger partial charge is 0.246 e. The van der Waals surface area contributed by atoms with Crippen molar-refractivity contribution >= 4 is 5.91 Å². The van der Waals surface area contributed by atoms with Crippen LogP contribution < -0.4 is 5.32 Å². The topological polar surface area (TPSA) is 68.0 Å². The van der Waals surface area contributed by atoms with Gasteiger partial charge in [0.2, 0.25) is 17.6 Å². The van der Waals surface area contributed by atoms with Crippen LogP contribution in [0.15, 0.2) is 28.8 Å². The molecule has 1 aromatic heterocycles. The van der Waals surface area contributed by atoms with E-state index in [9.17, 15) is 9.18 Å². The van der Waals surface area contributed by atoms with Crippen molar-refractivity contribution in [3.8, 4) is 11.4 Å². The molecule has 1 N–H and O–H groups in total. The second kappa shape index (κ2) is 4.79. The SMILES string of the molecule is O=C(NCc1nc(-c2ccc(F)cc2)no1)C1CC1. The highest BCUT2D eigenvalue weighted by molar-refractivity contribution is 5.80. The Labute approximate surface area is 108 Å². The number of carbonyl (C=O) groups is 1. The van der Waals surface area contributed by atoms with Crippen molar-refractivity contribution in [1.29, 1.82) is 0 Å². The van der Waals surface area contributed by atoms with E-state index in [1.165, 1.54) is 12.1 Å². The van der Waals surface area contributed by atoms with Crippen molar-refractivity contribution in [1.82, 2.24) is 15.5 Å². The van der Waals surface area contributed by atoms with Gasteiger partial charge in [0.15, 0.2) is 0 Å². The predicted octanol–water partition coefficient (Wildman–Crippen LogP) is 1.90. The molecule has 1 amide bonds. The number of rotatable bonds is 4. The van der Waals surface area contributed by atoms with Crippen molar-refractivity contribution in [2.45, 2.75) is 19.4 Å². The molecular weight excluding hydrogens is 249 g/mol. The van der Waals surface area contributed by atoms with Gasteiger partial charge in [-0.25, -0.2) is 4.39 Å². The van der Waals surface area contributed by atoms with Gasteiger partial charge in [-0.05, 0) is 37.1 Å². The lowest BCUT2D eigenvalue weighted by atomic mass is 10.2. The molecule has 1 heterocycles. The Kier molecular flexibility index (Phi) is 2.98. The number of carbonyl (C=O) groups excluding carboxylic acids is 1. The summed E-state index contributed by atoms with van der Waals surface area (Å²) in [4.78, 5) is 15.6. The molecule has 1 aromatic carbocycles. The van der Waals surface area contributed by atoms with E-state index in [2.05, 4.69) is 15.5 Å². The van der Waals surface area contributed by atoms with E-state index >= 15 is 0 Å². The lowest BCUT2D eigenvalue weighted by molar-refractivity contribution is -0.122. The molecule has 1 aliphatic rings. The first-order chi connectivity index (χ1) is 9.22. The average Bonchev–Trinajstić information content (AvgIpc) is 3.16. The third-order valence-corrected chi connectivity index (χ3v) is 2.93. The van der Waals surface area contributed by atoms with Crippen LogP contribution in [0.4, 0.5) is 4.39 Å². The molecule has 0 spiro atoms. The molecular formula is C13H12FN3O2. The molecule has 2 aromatic rings. The minimum atomic E-state index is -0.316. The fraction of sp³-hybridized carbons (Fsp3) is 0.308. The molecule has 1 aliphatic carbocycles. The highest BCUT2D eigenvalue weighted by atomic mass is 19.1. The van der Waals surface area contributed by atoms with Gasteiger partial charge in [-0.15, -0.1) is 0 Å². The molecule has 3 rings (SSSR count). The zero-order chi connectivity index (χ0) is 13.2. The van der Waals surface area contributed by atoms with Gasteiger partial charge in [-0.1, -0.05) is 5.16 Å². The van der Waals surface area contributed by atoms with Crippen molar-refractivity contribution in [3.05, 3.63) is 36.0 Å². The Morgan fingerprint density at radius 3 is 2.79 bits per heavy atom. The first kappa shape index (κ1) is 11.8. The third-order valence-electron chi connectivity index (χ3n) is 2.93. The number of nitrogens with zero attached hydrogens (tertiary/aromatic N) is 2. The minimum Gasteiger partial charge on any atom is -0.347 e. The summed E-state index contributed by atoms with van der Waals surface area (Å²) in [6.07, 6.45) is 1.91. The average molecular weight is 261 g/mol. The maximum atomic E-state index is 12.8. The monoisotopic (exact) mass is 261 g/mol. The van der Waals surface area contributed by atoms with Crippen LogP contribution in [-0.2, 0) is 11.3 Å². The fourth-order valence-electron chi connectivity index (χ4n) is 1.70. The number of amides is 1. The number of aromatic nitrogens is 2. The molecule has 0 saturated heterocycles. The zero-order valence-corrected chi connectivity index (χ0v) is 10.1. The largest absolute Gasteiger partial charge is 0.347 e. The molecule has 1 fully saturated rings. The van der Waals surface area contributed by atoms with Gasteiger partial charge >= 0.3 is 0 Å². The minimum absolute atomic E-state index is 0.0292. The second-order valence-electron chi connectivity index (χ2n) is 4.51. The first-order valence-electron chi connectivity index (χ1n) is 6.08. The predicted molar refractivity (Wildman–Crippen MR) is 64.3 cm³/mol. The second-order valence-corrected chi connectivity index (χ2v) is 4.51. The first-order valence-corrected chi connectivity index (χ1v) is 6.08. The Bertz CT molecular complexity index is 590. The van der Waals surface area contributed by atoms with E-state index in [1.807, 2.05) is 0 Å². The van der Waals surface area contributed by atoms with Gasteiger partial charge in [0.1, 0.15) is 5.82 Å². The van der Waals surface area contributed by atoms with Crippen molar-refractivity contribution in [2.24, 2.45) is 5.92 Å². The molecule has 19 heavy (non-hydrogen) atoms. The highest BCUT2D eigenvalue weighted by Crippen LogP contribution is 2.28. The van der Waals surface area contributed by atoms with Crippen LogP contribution in [0.2, 0.25) is 0 Å². The van der Waals surface area contributed by atoms with E-state index < -0.39 is 0 Å². The summed E-state index contributed by atoms with van der Waals surface area (Å²) in [5.74, 6) is 0.592. The molecule has 0 atom stereocenters. The number of halogens is 1. The lowest BCUT2D eigenvalue weighted by Crippen LogP contribution is -2.24. The van der Waals surface area contributed by atoms with Crippen LogP contribution >= 0.6 is 0 Å². The highest BCUT2D eigenvalue weighted by Gasteiger charge is 2.29. The summed E-state index contributed by atoms with van der Waals surface area (Å²) in [6.45, 7) is 0.226. The fourth-order valence-corrected chi connectivity index (χ4v) is 1.70. The Hall–Kier alpha value is -2.24. The summed E-state index contributed by atoms with van der Waals surface area (Å²) in [5, 5.41) is 6.53. The van der Waals surface area contributed by atoms with Gasteiger partial charge < -0.3 is 9.84 Å². The lowest BCUT2D eigenvalue weighted by Gasteiger charge is -1.98. The molecule has 6 heteroatoms. The Morgan fingerprint density at radius 1 is 1.37 bits per heavy atom. The molecule has 1 saturated carbocycles. The molecule has 0 radical (unpaired) electrons. The molecule has 98 valence electrons. The quantitative estimate of drug-likeness (QED) is 0.912. The molecule has 5 nitrogen and oxygen atoms in total. The number of benzene rings is 1. The Morgan fingerprint density at radius 2 is 2.11 bits per heavy atom. The number of hydrogen-bond acceptors (Lipinski definition) is 4. The van der Waals surface area contributed by atoms with Crippen molar-refractivity contribution in [3.63, 3.8) is 0 Å². The van der Waals surface area contributed by atoms with E-state index in [0.29, 0.717) is 17.3 Å². The van der Waals surface area contributed by atoms with E-state index in [0.717, 1.165) is 12.8 Å². The van der Waals surface area contributed by atoms with Crippen LogP contribution in [-0.4, -0.2) is 16.0 Å². The van der Waals surface area contributed by atoms with Gasteiger partial charge in [0.05, 0.1) is 6.54 Å². The van der Waals surface area contributed by atoms with Gasteiger partial charge in [-0.2, -0.15) is 4.98 Å². The van der Waals surface area contributed by atoms with Crippen molar-refractivity contribution in [2.75, 3.05) is 0 Å². The van der Waals surface area contributed by atoms with Crippen molar-refractivity contribution < 1.29 is 13.7 Å². The van der Waals surface area contributed by atoms with Crippen LogP contribution in [0.3, 0.4) is 0 Å². The van der Waals surface area contributed by atoms with E-state index in [1.54, 1.807) is 12.1 Å². The summed E-state index contributed by atoms with van der Waals surface area (Å²) in [7, 11) is 0. The maximum absolute atomic E-state index is 12.8. The van der Waals surface area contributed by atoms with E-state index in [4.69, 9.17) is 4.52 Å². The van der Waals surface area contributed by atoms with Gasteiger partial charge in [0, 0.05) is 11.5 Å². The summed E-state index contributed by atoms with van der Waals surface area (Å²) < 4.78 is 17.8. The third kappa shape index (κ3) is 2.78. The Balaban J connectivity index is 1.65. The molecule has 0 unspecified atom stereocenters. The van der Waals surface area contributed by atoms with Crippen LogP contribution in [0, 0.1) is 11.7 Å². The summed E-state index contributed by atoms with van der Waals surface area (Å²) in [5.41, 5.74) is 0.671. The van der Waals surface area contributed by atoms with E-state index in [-0.39, 0.29) is 24.2 Å². The van der Waals surface area contributed by atoms with Gasteiger partial charge in [-0.3, -0.25) is 4.79 Å². The van der Waals surface area contributed by atoms with Gasteiger partial charge in [0.25, 0.3) is 0 Å². The normalized spacial score (nSPS) is 14.4. The maximum Gasteiger partial charge on any atom is 0.246 e. The van der Waals surface area contributed by atoms with Crippen LogP contribution in [0.5, 0.6) is 0 Å². The standard InChI is InChI=1S/C13H12FN3O2/c14-10-5-3-8(4-6-10)12-16-11(19-17-12)7-15-13(18)9-1-2-9/h3-6,9H,1-2,7H2,(H,15,18). The molecule has 0 bridgehead atoms. The zero-order valence-electron chi connectivity index (χ0n) is 10.1. The van der Waals surface area contributed by atoms with Crippen LogP contribution in [0.25, 0.3) is 11.4 Å². The van der Waals surface area contributed by atoms with Crippen LogP contribution in [0.1, 0.15) is 18.7 Å². The molecule has 0 aliphatic heterocycles.